The van der Waals surface area contributed by atoms with Crippen LogP contribution in [-0.4, -0.2) is 28.6 Å². The molecule has 0 unspecified atom stereocenters. The summed E-state index contributed by atoms with van der Waals surface area (Å²) in [5.41, 5.74) is 2.82. The van der Waals surface area contributed by atoms with Crippen LogP contribution in [0, 0.1) is 13.8 Å². The molecule has 1 amide bonds. The topological polar surface area (TPSA) is 73.2 Å². The fraction of sp³-hybridized carbons (Fsp3) is 0.150. The molecule has 0 bridgehead atoms. The summed E-state index contributed by atoms with van der Waals surface area (Å²) in [4.78, 5) is 25.1. The maximum Gasteiger partial charge on any atom is 0.296 e. The van der Waals surface area contributed by atoms with Gasteiger partial charge in [0, 0.05) is 5.69 Å². The number of benzene rings is 2. The van der Waals surface area contributed by atoms with E-state index in [-0.39, 0.29) is 0 Å². The van der Waals surface area contributed by atoms with Gasteiger partial charge in [-0.3, -0.25) is 9.59 Å². The van der Waals surface area contributed by atoms with Crippen LogP contribution >= 0.6 is 0 Å². The first-order valence-electron chi connectivity index (χ1n) is 8.12. The smallest absolute Gasteiger partial charge is 0.296 e. The molecular weight excluding hydrogens is 330 g/mol. The predicted octanol–water partition coefficient (Wildman–Crippen LogP) is 3.32. The summed E-state index contributed by atoms with van der Waals surface area (Å²) in [7, 11) is 1.56. The summed E-state index contributed by atoms with van der Waals surface area (Å²) in [6.45, 7) is 3.50. The Morgan fingerprint density at radius 3 is 2.27 bits per heavy atom. The third kappa shape index (κ3) is 3.35. The molecule has 2 aromatic carbocycles. The fourth-order valence-electron chi connectivity index (χ4n) is 2.77. The summed E-state index contributed by atoms with van der Waals surface area (Å²) in [5.74, 6) is -0.642. The van der Waals surface area contributed by atoms with Crippen molar-refractivity contribution in [1.82, 2.24) is 9.78 Å². The lowest BCUT2D eigenvalue weighted by atomic mass is 10.1. The number of nitrogens with one attached hydrogen (secondary N) is 1. The van der Waals surface area contributed by atoms with E-state index in [2.05, 4.69) is 10.4 Å². The number of hydrogen-bond donors (Lipinski definition) is 1. The number of carbonyl (C=O) groups excluding carboxylic acids is 2. The molecule has 0 aliphatic heterocycles. The molecule has 3 aromatic rings. The van der Waals surface area contributed by atoms with Gasteiger partial charge < -0.3 is 10.1 Å². The van der Waals surface area contributed by atoms with Gasteiger partial charge in [0.05, 0.1) is 29.7 Å². The molecule has 0 fully saturated rings. The van der Waals surface area contributed by atoms with E-state index in [0.717, 1.165) is 5.69 Å². The Kier molecular flexibility index (Phi) is 4.84. The molecule has 1 N–H and O–H groups in total. The summed E-state index contributed by atoms with van der Waals surface area (Å²) < 4.78 is 6.75. The number of para-hydroxylation sites is 1. The van der Waals surface area contributed by atoms with Gasteiger partial charge in [0.1, 0.15) is 5.75 Å². The summed E-state index contributed by atoms with van der Waals surface area (Å²) >= 11 is 0. The van der Waals surface area contributed by atoms with Crippen molar-refractivity contribution >= 4 is 17.4 Å². The zero-order valence-electron chi connectivity index (χ0n) is 14.8. The van der Waals surface area contributed by atoms with Gasteiger partial charge >= 0.3 is 0 Å². The largest absolute Gasteiger partial charge is 0.497 e. The van der Waals surface area contributed by atoms with E-state index in [1.165, 1.54) is 0 Å². The number of rotatable bonds is 5. The van der Waals surface area contributed by atoms with Crippen molar-refractivity contribution in [2.75, 3.05) is 12.4 Å². The Bertz CT molecular complexity index is 944. The van der Waals surface area contributed by atoms with Gasteiger partial charge in [0.15, 0.2) is 0 Å². The van der Waals surface area contributed by atoms with Crippen LogP contribution < -0.4 is 10.1 Å². The van der Waals surface area contributed by atoms with Crippen molar-refractivity contribution < 1.29 is 14.3 Å². The maximum atomic E-state index is 12.7. The minimum absolute atomic E-state index is 0.319. The first-order valence-corrected chi connectivity index (χ1v) is 8.12. The SMILES string of the molecule is COc1ccc(NC(=O)C(=O)c2c(C)nn(-c3ccccc3)c2C)cc1. The highest BCUT2D eigenvalue weighted by molar-refractivity contribution is 6.47. The standard InChI is InChI=1S/C20H19N3O3/c1-13-18(14(2)23(22-13)16-7-5-4-6-8-16)19(24)20(25)21-15-9-11-17(26-3)12-10-15/h4-12H,1-3H3,(H,21,25). The number of carbonyl (C=O) groups is 2. The molecule has 132 valence electrons. The van der Waals surface area contributed by atoms with E-state index in [1.54, 1.807) is 49.9 Å². The Morgan fingerprint density at radius 2 is 1.65 bits per heavy atom. The van der Waals surface area contributed by atoms with Crippen LogP contribution in [0.15, 0.2) is 54.6 Å². The lowest BCUT2D eigenvalue weighted by molar-refractivity contribution is -0.112. The van der Waals surface area contributed by atoms with Gasteiger partial charge in [-0.2, -0.15) is 5.10 Å². The van der Waals surface area contributed by atoms with Gasteiger partial charge in [0.2, 0.25) is 0 Å². The van der Waals surface area contributed by atoms with Gasteiger partial charge in [-0.15, -0.1) is 0 Å². The molecule has 1 aromatic heterocycles. The van der Waals surface area contributed by atoms with Gasteiger partial charge in [-0.25, -0.2) is 4.68 Å². The van der Waals surface area contributed by atoms with Crippen LogP contribution in [0.3, 0.4) is 0 Å². The zero-order chi connectivity index (χ0) is 18.7. The molecule has 0 radical (unpaired) electrons. The molecule has 1 heterocycles. The average Bonchev–Trinajstić information content (AvgIpc) is 2.96. The first kappa shape index (κ1) is 17.4. The van der Waals surface area contributed by atoms with Crippen molar-refractivity contribution in [3.63, 3.8) is 0 Å². The van der Waals surface area contributed by atoms with Crippen molar-refractivity contribution in [3.05, 3.63) is 71.5 Å². The van der Waals surface area contributed by atoms with Crippen LogP contribution in [0.2, 0.25) is 0 Å². The van der Waals surface area contributed by atoms with E-state index in [1.807, 2.05) is 30.3 Å². The Hall–Kier alpha value is -3.41. The minimum atomic E-state index is -0.700. The van der Waals surface area contributed by atoms with E-state index in [9.17, 15) is 9.59 Å². The van der Waals surface area contributed by atoms with Gasteiger partial charge in [0.25, 0.3) is 11.7 Å². The lowest BCUT2D eigenvalue weighted by Crippen LogP contribution is -2.24. The molecular formula is C20H19N3O3. The highest BCUT2D eigenvalue weighted by atomic mass is 16.5. The van der Waals surface area contributed by atoms with Crippen molar-refractivity contribution in [2.24, 2.45) is 0 Å². The second kappa shape index (κ2) is 7.23. The number of hydrogen-bond acceptors (Lipinski definition) is 4. The number of nitrogens with zero attached hydrogens (tertiary/aromatic N) is 2. The number of ether oxygens (including phenoxy) is 1. The predicted molar refractivity (Wildman–Crippen MR) is 99.0 cm³/mol. The quantitative estimate of drug-likeness (QED) is 0.566. The number of Topliss-reactive ketones (excluding diaryl/α,β-unsaturated/α-hetero) is 1. The molecule has 0 aliphatic carbocycles. The lowest BCUT2D eigenvalue weighted by Gasteiger charge is -2.07. The maximum absolute atomic E-state index is 12.7. The van der Waals surface area contributed by atoms with E-state index < -0.39 is 11.7 Å². The van der Waals surface area contributed by atoms with Gasteiger partial charge in [-0.05, 0) is 50.2 Å². The van der Waals surface area contributed by atoms with Crippen molar-refractivity contribution in [1.29, 1.82) is 0 Å². The van der Waals surface area contributed by atoms with Crippen LogP contribution in [0.5, 0.6) is 5.75 Å². The van der Waals surface area contributed by atoms with Crippen molar-refractivity contribution in [2.45, 2.75) is 13.8 Å². The second-order valence-corrected chi connectivity index (χ2v) is 5.80. The second-order valence-electron chi connectivity index (χ2n) is 5.80. The average molecular weight is 349 g/mol. The summed E-state index contributed by atoms with van der Waals surface area (Å²) in [6.07, 6.45) is 0. The Labute approximate surface area is 151 Å². The molecule has 26 heavy (non-hydrogen) atoms. The highest BCUT2D eigenvalue weighted by Crippen LogP contribution is 2.20. The Morgan fingerprint density at radius 1 is 1.00 bits per heavy atom. The normalized spacial score (nSPS) is 10.4. The zero-order valence-corrected chi connectivity index (χ0v) is 14.8. The molecule has 6 heteroatoms. The van der Waals surface area contributed by atoms with E-state index in [0.29, 0.717) is 28.4 Å². The number of aryl methyl sites for hydroxylation is 1. The highest BCUT2D eigenvalue weighted by Gasteiger charge is 2.25. The van der Waals surface area contributed by atoms with Crippen LogP contribution in [0.1, 0.15) is 21.7 Å². The van der Waals surface area contributed by atoms with Gasteiger partial charge in [-0.1, -0.05) is 18.2 Å². The number of anilines is 1. The molecule has 6 nitrogen and oxygen atoms in total. The third-order valence-electron chi connectivity index (χ3n) is 4.07. The fourth-order valence-corrected chi connectivity index (χ4v) is 2.77. The molecule has 3 rings (SSSR count). The minimum Gasteiger partial charge on any atom is -0.497 e. The van der Waals surface area contributed by atoms with Crippen molar-refractivity contribution in [3.8, 4) is 11.4 Å². The first-order chi connectivity index (χ1) is 12.5. The van der Waals surface area contributed by atoms with E-state index in [4.69, 9.17) is 4.74 Å². The summed E-state index contributed by atoms with van der Waals surface area (Å²) in [5, 5.41) is 7.03. The molecule has 0 atom stereocenters. The number of aromatic nitrogens is 2. The van der Waals surface area contributed by atoms with Crippen LogP contribution in [0.25, 0.3) is 5.69 Å². The molecule has 0 saturated heterocycles. The van der Waals surface area contributed by atoms with Crippen LogP contribution in [-0.2, 0) is 4.79 Å². The third-order valence-corrected chi connectivity index (χ3v) is 4.07. The van der Waals surface area contributed by atoms with Crippen LogP contribution in [0.4, 0.5) is 5.69 Å². The molecule has 0 spiro atoms. The number of methoxy groups -OCH3 is 1. The van der Waals surface area contributed by atoms with E-state index >= 15 is 0 Å². The summed E-state index contributed by atoms with van der Waals surface area (Å²) in [6, 6.07) is 16.3. The monoisotopic (exact) mass is 349 g/mol. The molecule has 0 saturated carbocycles. The number of ketones is 1. The molecule has 0 aliphatic rings. The Balaban J connectivity index is 1.85. The number of amides is 1.